The van der Waals surface area contributed by atoms with E-state index in [4.69, 9.17) is 14.7 Å². The van der Waals surface area contributed by atoms with Gasteiger partial charge in [-0.15, -0.1) is 0 Å². The summed E-state index contributed by atoms with van der Waals surface area (Å²) in [5.74, 6) is 0. The molecule has 0 radical (unpaired) electrons. The Morgan fingerprint density at radius 1 is 0.886 bits per heavy atom. The lowest BCUT2D eigenvalue weighted by Gasteiger charge is -2.36. The monoisotopic (exact) mass is 536 g/mol. The topological polar surface area (TPSA) is 119 Å². The Morgan fingerprint density at radius 3 is 1.57 bits per heavy atom. The molecule has 210 valence electrons. The highest BCUT2D eigenvalue weighted by Crippen LogP contribution is 2.46. The number of sulfonamides is 1. The Labute approximate surface area is 217 Å². The Bertz CT molecular complexity index is 708. The van der Waals surface area contributed by atoms with Gasteiger partial charge in [-0.3, -0.25) is 0 Å². The number of hydrogen-bond donors (Lipinski definition) is 3. The molecule has 1 amide bonds. The predicted molar refractivity (Wildman–Crippen MR) is 150 cm³/mol. The van der Waals surface area contributed by atoms with E-state index in [0.29, 0.717) is 5.04 Å². The van der Waals surface area contributed by atoms with Crippen molar-refractivity contribution in [3.05, 3.63) is 0 Å². The molecule has 0 heterocycles. The number of primary sulfonamides is 1. The van der Waals surface area contributed by atoms with Crippen molar-refractivity contribution in [2.24, 2.45) is 5.14 Å². The van der Waals surface area contributed by atoms with Gasteiger partial charge in [-0.05, 0) is 64.6 Å². The van der Waals surface area contributed by atoms with Crippen LogP contribution in [0.2, 0.25) is 18.1 Å². The molecule has 35 heavy (non-hydrogen) atoms. The van der Waals surface area contributed by atoms with Crippen LogP contribution in [0.3, 0.4) is 0 Å². The first-order valence-electron chi connectivity index (χ1n) is 13.5. The first kappa shape index (κ1) is 34.4. The van der Waals surface area contributed by atoms with Crippen molar-refractivity contribution in [2.45, 2.75) is 153 Å². The van der Waals surface area contributed by atoms with Crippen LogP contribution in [-0.4, -0.2) is 44.8 Å². The smallest absolute Gasteiger partial charge is 0.405 e. The van der Waals surface area contributed by atoms with Gasteiger partial charge in [0.25, 0.3) is 0 Å². The third kappa shape index (κ3) is 15.9. The Hall–Kier alpha value is -0.643. The third-order valence-corrected chi connectivity index (χ3v) is 13.5. The molecular formula is C26H56N2O5SSi. The SMILES string of the molecule is CC(C)(C)NC(=O)O.CC(C)(C)[Si](C)(C)OCCCCCCCCCCCCC1(S(N)(=O)=O)CC1. The van der Waals surface area contributed by atoms with Crippen molar-refractivity contribution >= 4 is 24.4 Å². The van der Waals surface area contributed by atoms with E-state index in [1.807, 2.05) is 0 Å². The molecule has 1 rings (SSSR count). The predicted octanol–water partition coefficient (Wildman–Crippen LogP) is 7.17. The number of amides is 1. The van der Waals surface area contributed by atoms with E-state index in [-0.39, 0.29) is 5.54 Å². The molecule has 1 aliphatic rings. The molecule has 0 aromatic heterocycles. The highest BCUT2D eigenvalue weighted by atomic mass is 32.2. The van der Waals surface area contributed by atoms with Gasteiger partial charge in [-0.25, -0.2) is 18.4 Å². The average molecular weight is 537 g/mol. The van der Waals surface area contributed by atoms with Crippen LogP contribution in [0.25, 0.3) is 0 Å². The fourth-order valence-corrected chi connectivity index (χ4v) is 5.83. The number of unbranched alkanes of at least 4 members (excludes halogenated alkanes) is 9. The highest BCUT2D eigenvalue weighted by molar-refractivity contribution is 7.90. The summed E-state index contributed by atoms with van der Waals surface area (Å²) in [5.41, 5.74) is -0.328. The lowest BCUT2D eigenvalue weighted by Crippen LogP contribution is -2.40. The summed E-state index contributed by atoms with van der Waals surface area (Å²) in [7, 11) is -4.89. The van der Waals surface area contributed by atoms with Crippen molar-refractivity contribution < 1.29 is 22.7 Å². The summed E-state index contributed by atoms with van der Waals surface area (Å²) < 4.78 is 28.7. The minimum atomic E-state index is -3.33. The van der Waals surface area contributed by atoms with Crippen LogP contribution in [0.1, 0.15) is 125 Å². The number of nitrogens with one attached hydrogen (secondary N) is 1. The van der Waals surface area contributed by atoms with Gasteiger partial charge < -0.3 is 14.8 Å². The Morgan fingerprint density at radius 2 is 1.29 bits per heavy atom. The van der Waals surface area contributed by atoms with E-state index < -0.39 is 29.2 Å². The van der Waals surface area contributed by atoms with Gasteiger partial charge in [0.05, 0.1) is 4.75 Å². The van der Waals surface area contributed by atoms with Gasteiger partial charge in [-0.2, -0.15) is 0 Å². The summed E-state index contributed by atoms with van der Waals surface area (Å²) >= 11 is 0. The molecule has 0 atom stereocenters. The summed E-state index contributed by atoms with van der Waals surface area (Å²) in [6.45, 7) is 17.8. The molecule has 1 fully saturated rings. The van der Waals surface area contributed by atoms with E-state index in [1.165, 1.54) is 51.4 Å². The highest BCUT2D eigenvalue weighted by Gasteiger charge is 2.51. The zero-order valence-electron chi connectivity index (χ0n) is 24.0. The minimum Gasteiger partial charge on any atom is -0.465 e. The van der Waals surface area contributed by atoms with E-state index in [1.54, 1.807) is 20.8 Å². The van der Waals surface area contributed by atoms with Crippen molar-refractivity contribution in [1.29, 1.82) is 0 Å². The van der Waals surface area contributed by atoms with E-state index in [2.05, 4.69) is 39.2 Å². The maximum Gasteiger partial charge on any atom is 0.405 e. The molecule has 0 unspecified atom stereocenters. The van der Waals surface area contributed by atoms with Crippen molar-refractivity contribution in [3.63, 3.8) is 0 Å². The van der Waals surface area contributed by atoms with Crippen LogP contribution in [0.5, 0.6) is 0 Å². The van der Waals surface area contributed by atoms with Crippen LogP contribution >= 0.6 is 0 Å². The van der Waals surface area contributed by atoms with Crippen LogP contribution in [-0.2, 0) is 14.4 Å². The zero-order valence-corrected chi connectivity index (χ0v) is 25.8. The number of hydrogen-bond acceptors (Lipinski definition) is 4. The number of carboxylic acid groups (broad SMARTS) is 1. The molecule has 0 aromatic rings. The summed E-state index contributed by atoms with van der Waals surface area (Å²) in [6, 6.07) is 0. The number of nitrogens with two attached hydrogens (primary N) is 1. The molecule has 0 saturated heterocycles. The van der Waals surface area contributed by atoms with Crippen LogP contribution in [0.15, 0.2) is 0 Å². The van der Waals surface area contributed by atoms with Gasteiger partial charge in [0.2, 0.25) is 10.0 Å². The number of rotatable bonds is 15. The second-order valence-corrected chi connectivity index (χ2v) is 19.6. The number of carbonyl (C=O) groups is 1. The maximum atomic E-state index is 11.5. The molecule has 1 aliphatic carbocycles. The minimum absolute atomic E-state index is 0.310. The van der Waals surface area contributed by atoms with Crippen LogP contribution in [0, 0.1) is 0 Å². The van der Waals surface area contributed by atoms with Crippen molar-refractivity contribution in [3.8, 4) is 0 Å². The molecule has 0 spiro atoms. The van der Waals surface area contributed by atoms with Crippen molar-refractivity contribution in [1.82, 2.24) is 5.32 Å². The normalized spacial score (nSPS) is 15.8. The lowest BCUT2D eigenvalue weighted by molar-refractivity contribution is 0.184. The molecule has 0 aliphatic heterocycles. The average Bonchev–Trinajstić information content (AvgIpc) is 3.44. The standard InChI is InChI=1S/C21H45NO3SSi.C5H11NO2/c1-20(2,3)27(4,5)25-19-15-13-11-9-7-6-8-10-12-14-16-21(17-18-21)26(22,23)24;1-5(2,3)6-4(7)8/h6-19H2,1-5H3,(H2,22,23,24);6H,1-3H3,(H,7,8). The van der Waals surface area contributed by atoms with E-state index >= 15 is 0 Å². The molecular weight excluding hydrogens is 480 g/mol. The van der Waals surface area contributed by atoms with E-state index in [0.717, 1.165) is 38.7 Å². The molecule has 0 aromatic carbocycles. The summed E-state index contributed by atoms with van der Waals surface area (Å²) in [5, 5.41) is 16.1. The Kier molecular flexibility index (Phi) is 14.7. The van der Waals surface area contributed by atoms with E-state index in [9.17, 15) is 13.2 Å². The second kappa shape index (κ2) is 14.9. The summed E-state index contributed by atoms with van der Waals surface area (Å²) in [6.07, 6.45) is 13.7. The first-order chi connectivity index (χ1) is 15.8. The Balaban J connectivity index is 0.00000124. The van der Waals surface area contributed by atoms with Crippen LogP contribution < -0.4 is 10.5 Å². The maximum absolute atomic E-state index is 11.5. The first-order valence-corrected chi connectivity index (χ1v) is 18.0. The molecule has 4 N–H and O–H groups in total. The van der Waals surface area contributed by atoms with Crippen molar-refractivity contribution in [2.75, 3.05) is 6.61 Å². The quantitative estimate of drug-likeness (QED) is 0.151. The molecule has 0 bridgehead atoms. The van der Waals surface area contributed by atoms with Gasteiger partial charge >= 0.3 is 6.09 Å². The molecule has 1 saturated carbocycles. The summed E-state index contributed by atoms with van der Waals surface area (Å²) in [4.78, 5) is 9.90. The van der Waals surface area contributed by atoms with Crippen LogP contribution in [0.4, 0.5) is 4.79 Å². The third-order valence-electron chi connectivity index (χ3n) is 7.19. The fraction of sp³-hybridized carbons (Fsp3) is 0.962. The lowest BCUT2D eigenvalue weighted by atomic mass is 10.0. The van der Waals surface area contributed by atoms with Gasteiger partial charge in [0.15, 0.2) is 8.32 Å². The molecule has 9 heteroatoms. The molecule has 7 nitrogen and oxygen atoms in total. The fourth-order valence-electron chi connectivity index (χ4n) is 3.64. The van der Waals surface area contributed by atoms with Gasteiger partial charge in [0.1, 0.15) is 0 Å². The zero-order chi connectivity index (χ0) is 27.4. The second-order valence-electron chi connectivity index (χ2n) is 12.8. The van der Waals surface area contributed by atoms with Gasteiger partial charge in [0, 0.05) is 12.1 Å². The van der Waals surface area contributed by atoms with Gasteiger partial charge in [-0.1, -0.05) is 78.6 Å². The largest absolute Gasteiger partial charge is 0.465 e.